The van der Waals surface area contributed by atoms with Crippen LogP contribution in [0.3, 0.4) is 0 Å². The second-order valence-corrected chi connectivity index (χ2v) is 9.91. The average Bonchev–Trinajstić information content (AvgIpc) is 2.97. The molecule has 0 N–H and O–H groups in total. The quantitative estimate of drug-likeness (QED) is 0.279. The van der Waals surface area contributed by atoms with E-state index in [1.54, 1.807) is 36.4 Å². The van der Waals surface area contributed by atoms with E-state index in [-0.39, 0.29) is 42.5 Å². The van der Waals surface area contributed by atoms with Crippen LogP contribution < -0.4 is 15.3 Å². The molecule has 6 nitrogen and oxygen atoms in total. The Hall–Kier alpha value is -4.62. The monoisotopic (exact) mass is 670 g/mol. The van der Waals surface area contributed by atoms with Crippen molar-refractivity contribution in [2.75, 3.05) is 0 Å². The molecule has 0 fully saturated rings. The Bertz CT molecular complexity index is 1740. The van der Waals surface area contributed by atoms with Gasteiger partial charge in [0.2, 0.25) is 0 Å². The minimum absolute atomic E-state index is 0. The van der Waals surface area contributed by atoms with Crippen molar-refractivity contribution >= 4 is 76.1 Å². The number of aromatic carboxylic acids is 3. The molecule has 0 radical (unpaired) electrons. The van der Waals surface area contributed by atoms with Crippen molar-refractivity contribution in [3.05, 3.63) is 143 Å². The van der Waals surface area contributed by atoms with Crippen LogP contribution in [-0.4, -0.2) is 43.8 Å². The third-order valence-electron chi connectivity index (χ3n) is 6.91. The molecular weight excluding hydrogens is 643 g/mol. The zero-order chi connectivity index (χ0) is 30.4. The summed E-state index contributed by atoms with van der Waals surface area (Å²) in [4.78, 5) is 32.1. The van der Waals surface area contributed by atoms with Crippen molar-refractivity contribution in [1.82, 2.24) is 0 Å². The Balaban J connectivity index is 0.000000175. The molecule has 0 saturated heterocycles. The maximum absolute atomic E-state index is 10.7. The summed E-state index contributed by atoms with van der Waals surface area (Å²) in [5.74, 6) is -3.38. The van der Waals surface area contributed by atoms with Crippen LogP contribution in [0.4, 0.5) is 0 Å². The Kier molecular flexibility index (Phi) is 11.1. The minimum atomic E-state index is -1.13. The van der Waals surface area contributed by atoms with E-state index < -0.39 is 17.9 Å². The second kappa shape index (κ2) is 14.5. The fourth-order valence-corrected chi connectivity index (χ4v) is 4.86. The average molecular weight is 670 g/mol. The van der Waals surface area contributed by atoms with Crippen LogP contribution in [0.5, 0.6) is 0 Å². The zero-order valence-corrected chi connectivity index (χ0v) is 27.2. The minimum Gasteiger partial charge on any atom is -0.545 e. The number of benzene rings is 6. The van der Waals surface area contributed by atoms with E-state index in [0.717, 1.165) is 49.0 Å². The Morgan fingerprint density at radius 2 is 0.651 bits per heavy atom. The molecular formula is C36H27InO6. The van der Waals surface area contributed by atoms with Gasteiger partial charge in [0.25, 0.3) is 0 Å². The van der Waals surface area contributed by atoms with Crippen LogP contribution in [0.2, 0.25) is 0 Å². The molecule has 6 aromatic carbocycles. The van der Waals surface area contributed by atoms with E-state index in [2.05, 4.69) is 0 Å². The topological polar surface area (TPSA) is 120 Å². The van der Waals surface area contributed by atoms with Crippen LogP contribution in [-0.2, 0) is 0 Å². The van der Waals surface area contributed by atoms with Gasteiger partial charge in [0.15, 0.2) is 0 Å². The number of carbonyl (C=O) groups is 3. The molecule has 0 unspecified atom stereocenters. The Morgan fingerprint density at radius 3 is 0.884 bits per heavy atom. The van der Waals surface area contributed by atoms with Gasteiger partial charge in [0.05, 0.1) is 17.9 Å². The van der Waals surface area contributed by atoms with Crippen LogP contribution in [0.1, 0.15) is 47.8 Å². The number of carboxylic acids is 3. The van der Waals surface area contributed by atoms with Crippen molar-refractivity contribution in [1.29, 1.82) is 0 Å². The van der Waals surface area contributed by atoms with Crippen LogP contribution in [0.15, 0.2) is 109 Å². The maximum Gasteiger partial charge on any atom is 3.00 e. The van der Waals surface area contributed by atoms with Gasteiger partial charge in [0.1, 0.15) is 0 Å². The molecule has 0 saturated carbocycles. The van der Waals surface area contributed by atoms with E-state index in [4.69, 9.17) is 0 Å². The molecule has 0 heterocycles. The van der Waals surface area contributed by atoms with Crippen molar-refractivity contribution in [3.8, 4) is 0 Å². The molecule has 210 valence electrons. The number of hydrogen-bond acceptors (Lipinski definition) is 6. The number of carboxylic acid groups (broad SMARTS) is 3. The van der Waals surface area contributed by atoms with Crippen molar-refractivity contribution in [3.63, 3.8) is 0 Å². The molecule has 0 aromatic heterocycles. The number of hydrogen-bond donors (Lipinski definition) is 0. The maximum atomic E-state index is 10.7. The van der Waals surface area contributed by atoms with Crippen LogP contribution in [0.25, 0.3) is 32.3 Å². The standard InChI is InChI=1S/3C12H10O2.In/c3*1-8-6-10(12(13)14)7-9-4-2-3-5-11(8)9;/h3*2-7H,1H3,(H,13,14);/q;;;+3/p-3. The van der Waals surface area contributed by atoms with Gasteiger partial charge in [-0.25, -0.2) is 0 Å². The first-order valence-electron chi connectivity index (χ1n) is 13.2. The molecule has 0 bridgehead atoms. The molecule has 0 aliphatic rings. The number of aryl methyl sites for hydroxylation is 3. The zero-order valence-electron chi connectivity index (χ0n) is 23.9. The number of carbonyl (C=O) groups excluding carboxylic acids is 3. The molecule has 43 heavy (non-hydrogen) atoms. The first kappa shape index (κ1) is 32.9. The first-order valence-corrected chi connectivity index (χ1v) is 13.2. The summed E-state index contributed by atoms with van der Waals surface area (Å²) < 4.78 is 0. The third kappa shape index (κ3) is 8.02. The Morgan fingerprint density at radius 1 is 0.419 bits per heavy atom. The molecule has 6 aromatic rings. The van der Waals surface area contributed by atoms with Crippen molar-refractivity contribution < 1.29 is 29.7 Å². The SMILES string of the molecule is Cc1cc(C(=O)[O-])cc2ccccc12.Cc1cc(C(=O)[O-])cc2ccccc12.Cc1cc(C(=O)[O-])cc2ccccc12.[In+3]. The van der Waals surface area contributed by atoms with E-state index in [9.17, 15) is 29.7 Å². The van der Waals surface area contributed by atoms with Gasteiger partial charge in [-0.1, -0.05) is 72.8 Å². The van der Waals surface area contributed by atoms with Gasteiger partial charge >= 0.3 is 25.8 Å². The van der Waals surface area contributed by atoms with Crippen molar-refractivity contribution in [2.24, 2.45) is 0 Å². The molecule has 0 aliphatic carbocycles. The van der Waals surface area contributed by atoms with E-state index in [1.807, 2.05) is 93.6 Å². The number of rotatable bonds is 3. The van der Waals surface area contributed by atoms with Crippen LogP contribution in [0, 0.1) is 20.8 Å². The van der Waals surface area contributed by atoms with Gasteiger partial charge in [-0.05, 0) is 123 Å². The number of fused-ring (bicyclic) bond motifs is 3. The largest absolute Gasteiger partial charge is 3.00 e. The normalized spacial score (nSPS) is 10.1. The summed E-state index contributed by atoms with van der Waals surface area (Å²) in [5.41, 5.74) is 3.59. The van der Waals surface area contributed by atoms with Gasteiger partial charge in [0, 0.05) is 0 Å². The fraction of sp³-hybridized carbons (Fsp3) is 0.0833. The summed E-state index contributed by atoms with van der Waals surface area (Å²) in [6, 6.07) is 32.9. The summed E-state index contributed by atoms with van der Waals surface area (Å²) in [6.07, 6.45) is 0. The molecule has 6 rings (SSSR count). The second-order valence-electron chi connectivity index (χ2n) is 9.91. The Labute approximate surface area is 268 Å². The van der Waals surface area contributed by atoms with Crippen molar-refractivity contribution in [2.45, 2.75) is 20.8 Å². The molecule has 0 aliphatic heterocycles. The fourth-order valence-electron chi connectivity index (χ4n) is 4.86. The van der Waals surface area contributed by atoms with Gasteiger partial charge in [-0.2, -0.15) is 0 Å². The van der Waals surface area contributed by atoms with E-state index >= 15 is 0 Å². The summed E-state index contributed by atoms with van der Waals surface area (Å²) in [6.45, 7) is 5.69. The first-order chi connectivity index (χ1) is 20.0. The van der Waals surface area contributed by atoms with E-state index in [0.29, 0.717) is 0 Å². The van der Waals surface area contributed by atoms with E-state index in [1.165, 1.54) is 0 Å². The summed E-state index contributed by atoms with van der Waals surface area (Å²) in [5, 5.41) is 38.1. The molecule has 0 spiro atoms. The predicted molar refractivity (Wildman–Crippen MR) is 165 cm³/mol. The predicted octanol–water partition coefficient (Wildman–Crippen LogP) is 4.15. The van der Waals surface area contributed by atoms with Gasteiger partial charge in [-0.3, -0.25) is 0 Å². The molecule has 0 amide bonds. The molecule has 0 atom stereocenters. The van der Waals surface area contributed by atoms with Gasteiger partial charge in [-0.15, -0.1) is 0 Å². The van der Waals surface area contributed by atoms with Crippen LogP contribution >= 0.6 is 0 Å². The smallest absolute Gasteiger partial charge is 0.545 e. The molecule has 7 heteroatoms. The third-order valence-corrected chi connectivity index (χ3v) is 6.91. The van der Waals surface area contributed by atoms with Gasteiger partial charge < -0.3 is 29.7 Å². The summed E-state index contributed by atoms with van der Waals surface area (Å²) in [7, 11) is 0. The summed E-state index contributed by atoms with van der Waals surface area (Å²) >= 11 is 0.